The summed E-state index contributed by atoms with van der Waals surface area (Å²) in [6.07, 6.45) is 5.59. The molecular weight excluding hydrogens is 322 g/mol. The summed E-state index contributed by atoms with van der Waals surface area (Å²) in [5.74, 6) is 0.785. The zero-order valence-corrected chi connectivity index (χ0v) is 12.5. The van der Waals surface area contributed by atoms with Gasteiger partial charge in [0.15, 0.2) is 0 Å². The van der Waals surface area contributed by atoms with Gasteiger partial charge in [-0.3, -0.25) is 4.79 Å². The highest BCUT2D eigenvalue weighted by Crippen LogP contribution is 2.11. The van der Waals surface area contributed by atoms with Crippen molar-refractivity contribution in [2.24, 2.45) is 0 Å². The van der Waals surface area contributed by atoms with Crippen LogP contribution < -0.4 is 10.6 Å². The zero-order chi connectivity index (χ0) is 14.4. The topological polar surface area (TPSA) is 79.8 Å². The minimum atomic E-state index is -0.339. The second-order valence-corrected chi connectivity index (χ2v) is 4.95. The van der Waals surface area contributed by atoms with Crippen molar-refractivity contribution in [3.8, 4) is 0 Å². The molecule has 2 aromatic rings. The van der Waals surface area contributed by atoms with Crippen LogP contribution in [0.1, 0.15) is 23.8 Å². The third-order valence-corrected chi connectivity index (χ3v) is 2.88. The Morgan fingerprint density at radius 1 is 1.15 bits per heavy atom. The molecule has 0 fully saturated rings. The van der Waals surface area contributed by atoms with Gasteiger partial charge in [0.05, 0.1) is 12.4 Å². The highest BCUT2D eigenvalue weighted by Gasteiger charge is 2.09. The standard InChI is InChI=1S/C13H14BrN5O/c1-2-5-15-12-8-16-10(7-18-12)13(20)19-11-4-3-9(14)6-17-11/h3-4,6-8H,2,5H2,1H3,(H,15,18)(H,17,19,20). The monoisotopic (exact) mass is 335 g/mol. The third-order valence-electron chi connectivity index (χ3n) is 2.41. The van der Waals surface area contributed by atoms with Gasteiger partial charge in [-0.2, -0.15) is 0 Å². The van der Waals surface area contributed by atoms with Crippen molar-refractivity contribution < 1.29 is 4.79 Å². The van der Waals surface area contributed by atoms with Crippen LogP contribution in [0.2, 0.25) is 0 Å². The van der Waals surface area contributed by atoms with Gasteiger partial charge in [-0.05, 0) is 34.5 Å². The molecule has 2 heterocycles. The van der Waals surface area contributed by atoms with E-state index in [0.29, 0.717) is 11.6 Å². The summed E-state index contributed by atoms with van der Waals surface area (Å²) >= 11 is 3.28. The average Bonchev–Trinajstić information content (AvgIpc) is 2.48. The number of halogens is 1. The Kier molecular flexibility index (Phi) is 5.00. The van der Waals surface area contributed by atoms with Crippen LogP contribution in [-0.2, 0) is 0 Å². The number of nitrogens with one attached hydrogen (secondary N) is 2. The van der Waals surface area contributed by atoms with Crippen LogP contribution in [0.5, 0.6) is 0 Å². The molecule has 0 spiro atoms. The molecule has 2 rings (SSSR count). The second kappa shape index (κ2) is 6.95. The van der Waals surface area contributed by atoms with Crippen LogP contribution >= 0.6 is 15.9 Å². The Morgan fingerprint density at radius 3 is 2.55 bits per heavy atom. The molecule has 104 valence electrons. The lowest BCUT2D eigenvalue weighted by Crippen LogP contribution is -2.15. The average molecular weight is 336 g/mol. The minimum absolute atomic E-state index is 0.247. The predicted molar refractivity (Wildman–Crippen MR) is 80.7 cm³/mol. The molecule has 0 aliphatic rings. The van der Waals surface area contributed by atoms with Crippen LogP contribution in [-0.4, -0.2) is 27.4 Å². The van der Waals surface area contributed by atoms with Gasteiger partial charge in [0.2, 0.25) is 0 Å². The minimum Gasteiger partial charge on any atom is -0.369 e. The number of carbonyl (C=O) groups excluding carboxylic acids is 1. The first-order valence-electron chi connectivity index (χ1n) is 6.18. The number of amides is 1. The molecule has 0 aliphatic heterocycles. The second-order valence-electron chi connectivity index (χ2n) is 4.03. The van der Waals surface area contributed by atoms with Gasteiger partial charge in [-0.25, -0.2) is 15.0 Å². The van der Waals surface area contributed by atoms with Gasteiger partial charge in [0.1, 0.15) is 17.3 Å². The first-order chi connectivity index (χ1) is 9.69. The van der Waals surface area contributed by atoms with Crippen LogP contribution in [0.15, 0.2) is 35.2 Å². The molecule has 1 amide bonds. The Bertz CT molecular complexity index is 570. The normalized spacial score (nSPS) is 10.1. The number of rotatable bonds is 5. The molecular formula is C13H14BrN5O. The number of anilines is 2. The third kappa shape index (κ3) is 3.99. The number of pyridine rings is 1. The maximum atomic E-state index is 11.9. The molecule has 0 saturated carbocycles. The van der Waals surface area contributed by atoms with Gasteiger partial charge in [-0.1, -0.05) is 6.92 Å². The summed E-state index contributed by atoms with van der Waals surface area (Å²) in [5.41, 5.74) is 0.247. The van der Waals surface area contributed by atoms with Crippen molar-refractivity contribution in [3.05, 3.63) is 40.9 Å². The molecule has 2 N–H and O–H groups in total. The Hall–Kier alpha value is -2.02. The first kappa shape index (κ1) is 14.4. The fourth-order valence-electron chi connectivity index (χ4n) is 1.42. The van der Waals surface area contributed by atoms with Gasteiger partial charge in [0, 0.05) is 17.2 Å². The van der Waals surface area contributed by atoms with Crippen LogP contribution in [0, 0.1) is 0 Å². The van der Waals surface area contributed by atoms with E-state index in [1.165, 1.54) is 6.20 Å². The van der Waals surface area contributed by atoms with Crippen LogP contribution in [0.25, 0.3) is 0 Å². The van der Waals surface area contributed by atoms with Crippen molar-refractivity contribution in [3.63, 3.8) is 0 Å². The van der Waals surface area contributed by atoms with E-state index in [-0.39, 0.29) is 11.6 Å². The van der Waals surface area contributed by atoms with Crippen LogP contribution in [0.3, 0.4) is 0 Å². The summed E-state index contributed by atoms with van der Waals surface area (Å²) < 4.78 is 0.849. The molecule has 0 saturated heterocycles. The van der Waals surface area contributed by atoms with Gasteiger partial charge >= 0.3 is 0 Å². The lowest BCUT2D eigenvalue weighted by molar-refractivity contribution is 0.102. The molecule has 7 heteroatoms. The molecule has 20 heavy (non-hydrogen) atoms. The largest absolute Gasteiger partial charge is 0.369 e. The van der Waals surface area contributed by atoms with Gasteiger partial charge < -0.3 is 10.6 Å². The van der Waals surface area contributed by atoms with E-state index < -0.39 is 0 Å². The number of nitrogens with zero attached hydrogens (tertiary/aromatic N) is 3. The molecule has 0 aliphatic carbocycles. The van der Waals surface area contributed by atoms with E-state index in [9.17, 15) is 4.79 Å². The molecule has 0 bridgehead atoms. The smallest absolute Gasteiger partial charge is 0.277 e. The molecule has 0 unspecified atom stereocenters. The summed E-state index contributed by atoms with van der Waals surface area (Å²) in [5, 5.41) is 5.75. The maximum absolute atomic E-state index is 11.9. The van der Waals surface area contributed by atoms with E-state index >= 15 is 0 Å². The molecule has 0 atom stereocenters. The number of carbonyl (C=O) groups is 1. The summed E-state index contributed by atoms with van der Waals surface area (Å²) in [7, 11) is 0. The van der Waals surface area contributed by atoms with Gasteiger partial charge in [0.25, 0.3) is 5.91 Å². The Morgan fingerprint density at radius 2 is 1.95 bits per heavy atom. The quantitative estimate of drug-likeness (QED) is 0.878. The van der Waals surface area contributed by atoms with Crippen molar-refractivity contribution in [1.82, 2.24) is 15.0 Å². The maximum Gasteiger partial charge on any atom is 0.277 e. The van der Waals surface area contributed by atoms with E-state index in [1.807, 2.05) is 0 Å². The van der Waals surface area contributed by atoms with E-state index in [1.54, 1.807) is 24.5 Å². The fourth-order valence-corrected chi connectivity index (χ4v) is 1.65. The van der Waals surface area contributed by atoms with Crippen molar-refractivity contribution >= 4 is 33.5 Å². The number of hydrogen-bond donors (Lipinski definition) is 2. The van der Waals surface area contributed by atoms with Gasteiger partial charge in [-0.15, -0.1) is 0 Å². The molecule has 0 aromatic carbocycles. The molecule has 0 radical (unpaired) electrons. The van der Waals surface area contributed by atoms with E-state index in [0.717, 1.165) is 17.4 Å². The first-order valence-corrected chi connectivity index (χ1v) is 6.97. The summed E-state index contributed by atoms with van der Waals surface area (Å²) in [4.78, 5) is 24.2. The van der Waals surface area contributed by atoms with Crippen molar-refractivity contribution in [1.29, 1.82) is 0 Å². The molecule has 2 aromatic heterocycles. The summed E-state index contributed by atoms with van der Waals surface area (Å²) in [6.45, 7) is 2.89. The highest BCUT2D eigenvalue weighted by atomic mass is 79.9. The van der Waals surface area contributed by atoms with E-state index in [2.05, 4.69) is 48.4 Å². The zero-order valence-electron chi connectivity index (χ0n) is 10.9. The van der Waals surface area contributed by atoms with Crippen LogP contribution in [0.4, 0.5) is 11.6 Å². The summed E-state index contributed by atoms with van der Waals surface area (Å²) in [6, 6.07) is 3.50. The number of hydrogen-bond acceptors (Lipinski definition) is 5. The SMILES string of the molecule is CCCNc1cnc(C(=O)Nc2ccc(Br)cn2)cn1. The predicted octanol–water partition coefficient (Wildman–Crippen LogP) is 2.71. The molecule has 6 nitrogen and oxygen atoms in total. The lowest BCUT2D eigenvalue weighted by Gasteiger charge is -2.05. The number of aromatic nitrogens is 3. The highest BCUT2D eigenvalue weighted by molar-refractivity contribution is 9.10. The van der Waals surface area contributed by atoms with Crippen molar-refractivity contribution in [2.75, 3.05) is 17.2 Å². The fraction of sp³-hybridized carbons (Fsp3) is 0.231. The Balaban J connectivity index is 2.00. The van der Waals surface area contributed by atoms with E-state index in [4.69, 9.17) is 0 Å². The Labute approximate surface area is 125 Å². The van der Waals surface area contributed by atoms with Crippen molar-refractivity contribution in [2.45, 2.75) is 13.3 Å². The lowest BCUT2D eigenvalue weighted by atomic mass is 10.4.